The third-order valence-electron chi connectivity index (χ3n) is 3.39. The number of amides is 2. The summed E-state index contributed by atoms with van der Waals surface area (Å²) >= 11 is 3.16. The number of furan rings is 1. The van der Waals surface area contributed by atoms with E-state index in [1.807, 2.05) is 0 Å². The first kappa shape index (κ1) is 15.8. The maximum atomic E-state index is 12.2. The Hall–Kier alpha value is -1.63. The number of rotatable bonds is 4. The topological polar surface area (TPSA) is 70.8 Å². The minimum atomic E-state index is -0.170. The summed E-state index contributed by atoms with van der Waals surface area (Å²) < 4.78 is 5.76. The second kappa shape index (κ2) is 6.89. The van der Waals surface area contributed by atoms with Crippen molar-refractivity contribution >= 4 is 33.5 Å². The molecule has 0 unspecified atom stereocenters. The zero-order chi connectivity index (χ0) is 15.4. The molecule has 6 nitrogen and oxygen atoms in total. The number of carbonyl (C=O) groups excluding carboxylic acids is 3. The lowest BCUT2D eigenvalue weighted by Gasteiger charge is -2.34. The molecule has 0 spiro atoms. The molecule has 2 amide bonds. The molecular formula is C14H17BrN2O4. The van der Waals surface area contributed by atoms with Crippen molar-refractivity contribution in [2.24, 2.45) is 0 Å². The highest BCUT2D eigenvalue weighted by Gasteiger charge is 2.26. The molecule has 1 saturated heterocycles. The summed E-state index contributed by atoms with van der Waals surface area (Å²) in [6.07, 6.45) is 0.521. The van der Waals surface area contributed by atoms with Crippen molar-refractivity contribution in [1.29, 1.82) is 0 Å². The minimum Gasteiger partial charge on any atom is -0.444 e. The molecule has 21 heavy (non-hydrogen) atoms. The van der Waals surface area contributed by atoms with Crippen molar-refractivity contribution in [2.75, 3.05) is 26.2 Å². The summed E-state index contributed by atoms with van der Waals surface area (Å²) in [7, 11) is 0. The normalized spacial score (nSPS) is 15.1. The summed E-state index contributed by atoms with van der Waals surface area (Å²) in [4.78, 5) is 38.3. The second-order valence-electron chi connectivity index (χ2n) is 4.98. The lowest BCUT2D eigenvalue weighted by Crippen LogP contribution is -2.50. The van der Waals surface area contributed by atoms with Gasteiger partial charge in [0.05, 0.1) is 0 Å². The van der Waals surface area contributed by atoms with Crippen LogP contribution in [0.2, 0.25) is 0 Å². The Morgan fingerprint density at radius 1 is 1.10 bits per heavy atom. The van der Waals surface area contributed by atoms with Gasteiger partial charge in [0.15, 0.2) is 10.4 Å². The Morgan fingerprint density at radius 2 is 1.71 bits per heavy atom. The fourth-order valence-electron chi connectivity index (χ4n) is 2.19. The van der Waals surface area contributed by atoms with Crippen LogP contribution < -0.4 is 0 Å². The first-order chi connectivity index (χ1) is 9.97. The molecule has 0 atom stereocenters. The maximum Gasteiger partial charge on any atom is 0.289 e. The molecule has 1 aromatic rings. The first-order valence-corrected chi connectivity index (χ1v) is 7.58. The summed E-state index contributed by atoms with van der Waals surface area (Å²) in [5.41, 5.74) is 0. The molecule has 0 N–H and O–H groups in total. The summed E-state index contributed by atoms with van der Waals surface area (Å²) in [5, 5.41) is 0. The predicted molar refractivity (Wildman–Crippen MR) is 78.8 cm³/mol. The van der Waals surface area contributed by atoms with Gasteiger partial charge in [0.1, 0.15) is 5.78 Å². The zero-order valence-corrected chi connectivity index (χ0v) is 13.4. The number of nitrogens with zero attached hydrogens (tertiary/aromatic N) is 2. The van der Waals surface area contributed by atoms with E-state index in [1.54, 1.807) is 21.9 Å². The van der Waals surface area contributed by atoms with Gasteiger partial charge in [-0.15, -0.1) is 0 Å². The third kappa shape index (κ3) is 4.17. The van der Waals surface area contributed by atoms with Crippen LogP contribution in [0.4, 0.5) is 0 Å². The van der Waals surface area contributed by atoms with Crippen LogP contribution in [0.15, 0.2) is 21.2 Å². The number of hydrogen-bond donors (Lipinski definition) is 0. The molecule has 0 saturated carbocycles. The molecule has 0 bridgehead atoms. The van der Waals surface area contributed by atoms with E-state index in [9.17, 15) is 14.4 Å². The summed E-state index contributed by atoms with van der Waals surface area (Å²) in [6.45, 7) is 3.41. The second-order valence-corrected chi connectivity index (χ2v) is 5.76. The number of carbonyl (C=O) groups is 3. The van der Waals surface area contributed by atoms with Gasteiger partial charge in [0.2, 0.25) is 5.91 Å². The molecule has 1 fully saturated rings. The van der Waals surface area contributed by atoms with E-state index < -0.39 is 0 Å². The Bertz CT molecular complexity index is 547. The average molecular weight is 357 g/mol. The Balaban J connectivity index is 1.84. The SMILES string of the molecule is CC(=O)CCC(=O)N1CCN(C(=O)c2ccc(Br)o2)CC1. The van der Waals surface area contributed by atoms with Gasteiger partial charge in [-0.25, -0.2) is 0 Å². The largest absolute Gasteiger partial charge is 0.444 e. The van der Waals surface area contributed by atoms with Gasteiger partial charge < -0.3 is 19.0 Å². The number of piperazine rings is 1. The van der Waals surface area contributed by atoms with E-state index in [-0.39, 0.29) is 30.4 Å². The van der Waals surface area contributed by atoms with Crippen LogP contribution in [0, 0.1) is 0 Å². The molecule has 2 heterocycles. The van der Waals surface area contributed by atoms with Crippen molar-refractivity contribution in [1.82, 2.24) is 9.80 Å². The van der Waals surface area contributed by atoms with E-state index in [4.69, 9.17) is 4.42 Å². The number of ketones is 1. The van der Waals surface area contributed by atoms with E-state index >= 15 is 0 Å². The number of hydrogen-bond acceptors (Lipinski definition) is 4. The molecule has 0 aliphatic carbocycles. The number of Topliss-reactive ketones (excluding diaryl/α,β-unsaturated/α-hetero) is 1. The minimum absolute atomic E-state index is 0.0144. The molecule has 0 radical (unpaired) electrons. The lowest BCUT2D eigenvalue weighted by atomic mass is 10.2. The highest BCUT2D eigenvalue weighted by atomic mass is 79.9. The smallest absolute Gasteiger partial charge is 0.289 e. The summed E-state index contributed by atoms with van der Waals surface area (Å²) in [6, 6.07) is 3.30. The quantitative estimate of drug-likeness (QED) is 0.822. The standard InChI is InChI=1S/C14H17BrN2O4/c1-10(18)2-5-13(19)16-6-8-17(9-7-16)14(20)11-3-4-12(15)21-11/h3-4H,2,5-9H2,1H3. The zero-order valence-electron chi connectivity index (χ0n) is 11.8. The van der Waals surface area contributed by atoms with E-state index in [0.717, 1.165) is 0 Å². The molecule has 0 aromatic carbocycles. The number of halogens is 1. The van der Waals surface area contributed by atoms with Crippen molar-refractivity contribution in [3.63, 3.8) is 0 Å². The third-order valence-corrected chi connectivity index (χ3v) is 3.82. The molecule has 7 heteroatoms. The van der Waals surface area contributed by atoms with Crippen LogP contribution in [0.25, 0.3) is 0 Å². The Labute approximate surface area is 131 Å². The van der Waals surface area contributed by atoms with Gasteiger partial charge in [-0.1, -0.05) is 0 Å². The molecule has 1 aliphatic heterocycles. The maximum absolute atomic E-state index is 12.2. The van der Waals surface area contributed by atoms with Gasteiger partial charge in [-0.2, -0.15) is 0 Å². The predicted octanol–water partition coefficient (Wildman–Crippen LogP) is 1.70. The van der Waals surface area contributed by atoms with E-state index in [1.165, 1.54) is 6.92 Å². The van der Waals surface area contributed by atoms with Crippen molar-refractivity contribution in [3.8, 4) is 0 Å². The highest BCUT2D eigenvalue weighted by molar-refractivity contribution is 9.10. The Kier molecular flexibility index (Phi) is 5.17. The van der Waals surface area contributed by atoms with Gasteiger partial charge in [0.25, 0.3) is 5.91 Å². The van der Waals surface area contributed by atoms with Gasteiger partial charge >= 0.3 is 0 Å². The van der Waals surface area contributed by atoms with Crippen molar-refractivity contribution in [2.45, 2.75) is 19.8 Å². The monoisotopic (exact) mass is 356 g/mol. The van der Waals surface area contributed by atoms with Crippen molar-refractivity contribution in [3.05, 3.63) is 22.6 Å². The van der Waals surface area contributed by atoms with Crippen LogP contribution in [0.5, 0.6) is 0 Å². The summed E-state index contributed by atoms with van der Waals surface area (Å²) in [5.74, 6) is 0.105. The first-order valence-electron chi connectivity index (χ1n) is 6.79. The van der Waals surface area contributed by atoms with Gasteiger partial charge in [0, 0.05) is 39.0 Å². The van der Waals surface area contributed by atoms with Gasteiger partial charge in [-0.05, 0) is 35.0 Å². The molecule has 2 rings (SSSR count). The fraction of sp³-hybridized carbons (Fsp3) is 0.500. The molecule has 114 valence electrons. The lowest BCUT2D eigenvalue weighted by molar-refractivity contribution is -0.134. The molecular weight excluding hydrogens is 340 g/mol. The van der Waals surface area contributed by atoms with Crippen LogP contribution in [0.1, 0.15) is 30.3 Å². The van der Waals surface area contributed by atoms with Crippen LogP contribution in [0.3, 0.4) is 0 Å². The average Bonchev–Trinajstić information content (AvgIpc) is 2.90. The van der Waals surface area contributed by atoms with Crippen LogP contribution in [-0.2, 0) is 9.59 Å². The van der Waals surface area contributed by atoms with Gasteiger partial charge in [-0.3, -0.25) is 9.59 Å². The molecule has 1 aliphatic rings. The van der Waals surface area contributed by atoms with Crippen molar-refractivity contribution < 1.29 is 18.8 Å². The van der Waals surface area contributed by atoms with Crippen LogP contribution >= 0.6 is 15.9 Å². The van der Waals surface area contributed by atoms with E-state index in [2.05, 4.69) is 15.9 Å². The fourth-order valence-corrected chi connectivity index (χ4v) is 2.49. The van der Waals surface area contributed by atoms with Crippen LogP contribution in [-0.4, -0.2) is 53.6 Å². The Morgan fingerprint density at radius 3 is 2.24 bits per heavy atom. The molecule has 1 aromatic heterocycles. The van der Waals surface area contributed by atoms with E-state index in [0.29, 0.717) is 36.6 Å². The highest BCUT2D eigenvalue weighted by Crippen LogP contribution is 2.17.